The van der Waals surface area contributed by atoms with E-state index in [1.807, 2.05) is 6.08 Å². The van der Waals surface area contributed by atoms with Crippen molar-refractivity contribution >= 4 is 11.6 Å². The number of aliphatic hydroxyl groups excluding tert-OH is 1. The van der Waals surface area contributed by atoms with E-state index < -0.39 is 29.5 Å². The molecule has 1 aliphatic heterocycles. The molecule has 5 aliphatic rings. The van der Waals surface area contributed by atoms with Gasteiger partial charge in [0, 0.05) is 17.4 Å². The second-order valence-electron chi connectivity index (χ2n) is 11.5. The van der Waals surface area contributed by atoms with E-state index in [-0.39, 0.29) is 23.3 Å². The number of allylic oxidation sites excluding steroid dienone is 1. The maximum atomic E-state index is 13.6. The van der Waals surface area contributed by atoms with Crippen molar-refractivity contribution in [2.45, 2.75) is 76.3 Å². The standard InChI is InChI=1S/C28H33FO5/c1-26-12-11-21-20-10-8-19(31)13-16(20)3-9-22(21)23(26)14-25-28(26,24(32)15-30)34-27(2,33-25)17-4-6-18(29)7-5-17/h4-7,13,20-23,25,30H,3,8-12,14-15H2,1-2H3/t20-,21+,22+,23-,25-,26-,27+,28+/m0/s1. The molecule has 0 spiro atoms. The van der Waals surface area contributed by atoms with Crippen LogP contribution in [0.3, 0.4) is 0 Å². The molecule has 0 unspecified atom stereocenters. The summed E-state index contributed by atoms with van der Waals surface area (Å²) >= 11 is 0. The maximum absolute atomic E-state index is 13.6. The molecule has 6 rings (SSSR count). The van der Waals surface area contributed by atoms with Gasteiger partial charge < -0.3 is 14.6 Å². The summed E-state index contributed by atoms with van der Waals surface area (Å²) in [5, 5.41) is 10.1. The Morgan fingerprint density at radius 2 is 1.88 bits per heavy atom. The van der Waals surface area contributed by atoms with Crippen molar-refractivity contribution in [1.82, 2.24) is 0 Å². The molecule has 1 heterocycles. The third kappa shape index (κ3) is 2.88. The van der Waals surface area contributed by atoms with Crippen LogP contribution in [0.4, 0.5) is 4.39 Å². The smallest absolute Gasteiger partial charge is 0.193 e. The topological polar surface area (TPSA) is 72.8 Å². The number of ketones is 2. The van der Waals surface area contributed by atoms with Gasteiger partial charge in [0.15, 0.2) is 23.0 Å². The van der Waals surface area contributed by atoms with E-state index in [0.717, 1.165) is 32.1 Å². The van der Waals surface area contributed by atoms with Crippen LogP contribution in [0, 0.1) is 34.9 Å². The Labute approximate surface area is 199 Å². The lowest BCUT2D eigenvalue weighted by Gasteiger charge is -2.55. The number of carbonyl (C=O) groups is 2. The molecule has 0 radical (unpaired) electrons. The quantitative estimate of drug-likeness (QED) is 0.709. The van der Waals surface area contributed by atoms with Crippen molar-refractivity contribution in [1.29, 1.82) is 0 Å². The minimum Gasteiger partial charge on any atom is -0.388 e. The highest BCUT2D eigenvalue weighted by atomic mass is 19.1. The number of ether oxygens (including phenoxy) is 2. The Bertz CT molecular complexity index is 1070. The molecule has 8 atom stereocenters. The molecular formula is C28H33FO5. The Balaban J connectivity index is 1.37. The largest absolute Gasteiger partial charge is 0.388 e. The van der Waals surface area contributed by atoms with Gasteiger partial charge in [-0.05, 0) is 87.3 Å². The van der Waals surface area contributed by atoms with Crippen molar-refractivity contribution in [3.05, 3.63) is 47.3 Å². The molecule has 5 nitrogen and oxygen atoms in total. The van der Waals surface area contributed by atoms with Crippen LogP contribution in [0.25, 0.3) is 0 Å². The Kier molecular flexibility index (Phi) is 5.01. The molecule has 4 aliphatic carbocycles. The second-order valence-corrected chi connectivity index (χ2v) is 11.5. The summed E-state index contributed by atoms with van der Waals surface area (Å²) in [5.41, 5.74) is 0.319. The van der Waals surface area contributed by atoms with Gasteiger partial charge in [-0.25, -0.2) is 4.39 Å². The van der Waals surface area contributed by atoms with Crippen LogP contribution in [-0.2, 0) is 24.8 Å². The third-order valence-electron chi connectivity index (χ3n) is 10.1. The number of rotatable bonds is 3. The molecule has 0 bridgehead atoms. The zero-order chi connectivity index (χ0) is 23.9. The first-order valence-electron chi connectivity index (χ1n) is 12.7. The summed E-state index contributed by atoms with van der Waals surface area (Å²) < 4.78 is 26.8. The summed E-state index contributed by atoms with van der Waals surface area (Å²) in [7, 11) is 0. The lowest BCUT2D eigenvalue weighted by atomic mass is 9.50. The van der Waals surface area contributed by atoms with Gasteiger partial charge >= 0.3 is 0 Å². The highest BCUT2D eigenvalue weighted by molar-refractivity contribution is 5.92. The fraction of sp³-hybridized carbons (Fsp3) is 0.643. The monoisotopic (exact) mass is 468 g/mol. The summed E-state index contributed by atoms with van der Waals surface area (Å²) in [6.45, 7) is 3.37. The molecule has 182 valence electrons. The SMILES string of the molecule is C[C@@]1(c2ccc(F)cc2)O[C@H]2C[C@H]3[C@@H]4CCC5=CC(=O)CC[C@@H]5[C@H]4CC[C@]3(C)[C@]2(C(=O)CO)O1. The fourth-order valence-electron chi connectivity index (χ4n) is 8.63. The summed E-state index contributed by atoms with van der Waals surface area (Å²) in [5.74, 6) is 0.122. The minimum atomic E-state index is -1.22. The third-order valence-corrected chi connectivity index (χ3v) is 10.1. The highest BCUT2D eigenvalue weighted by Crippen LogP contribution is 2.69. The summed E-state index contributed by atoms with van der Waals surface area (Å²) in [6.07, 6.45) is 7.51. The number of hydrogen-bond donors (Lipinski definition) is 1. The van der Waals surface area contributed by atoms with Gasteiger partial charge in [0.1, 0.15) is 12.4 Å². The first kappa shape index (κ1) is 22.6. The Morgan fingerprint density at radius 1 is 1.12 bits per heavy atom. The van der Waals surface area contributed by atoms with Gasteiger partial charge in [0.05, 0.1) is 6.10 Å². The highest BCUT2D eigenvalue weighted by Gasteiger charge is 2.75. The van der Waals surface area contributed by atoms with E-state index in [9.17, 15) is 19.1 Å². The van der Waals surface area contributed by atoms with Crippen LogP contribution in [-0.4, -0.2) is 35.0 Å². The molecule has 0 aromatic heterocycles. The van der Waals surface area contributed by atoms with Crippen molar-refractivity contribution < 1.29 is 28.6 Å². The second kappa shape index (κ2) is 7.55. The van der Waals surface area contributed by atoms with E-state index in [4.69, 9.17) is 9.47 Å². The fourth-order valence-corrected chi connectivity index (χ4v) is 8.63. The van der Waals surface area contributed by atoms with Gasteiger partial charge in [-0.2, -0.15) is 0 Å². The predicted octanol–water partition coefficient (Wildman–Crippen LogP) is 4.47. The predicted molar refractivity (Wildman–Crippen MR) is 122 cm³/mol. The van der Waals surface area contributed by atoms with E-state index in [2.05, 4.69) is 6.92 Å². The first-order valence-corrected chi connectivity index (χ1v) is 12.7. The van der Waals surface area contributed by atoms with E-state index in [0.29, 0.717) is 36.2 Å². The van der Waals surface area contributed by atoms with Crippen molar-refractivity contribution in [3.63, 3.8) is 0 Å². The normalized spacial score (nSPS) is 45.1. The molecule has 1 aromatic carbocycles. The number of fused-ring (bicyclic) bond motifs is 7. The Hall–Kier alpha value is -1.89. The van der Waals surface area contributed by atoms with Gasteiger partial charge in [-0.15, -0.1) is 0 Å². The maximum Gasteiger partial charge on any atom is 0.193 e. The van der Waals surface area contributed by atoms with Crippen molar-refractivity contribution in [2.75, 3.05) is 6.61 Å². The molecule has 3 saturated carbocycles. The van der Waals surface area contributed by atoms with E-state index in [1.165, 1.54) is 17.7 Å². The molecular weight excluding hydrogens is 435 g/mol. The number of carbonyl (C=O) groups excluding carboxylic acids is 2. The lowest BCUT2D eigenvalue weighted by Crippen LogP contribution is -2.60. The lowest BCUT2D eigenvalue weighted by molar-refractivity contribution is -0.228. The zero-order valence-electron chi connectivity index (χ0n) is 19.9. The molecule has 1 N–H and O–H groups in total. The number of benzene rings is 1. The first-order chi connectivity index (χ1) is 16.2. The Morgan fingerprint density at radius 3 is 2.62 bits per heavy atom. The average Bonchev–Trinajstić information content (AvgIpc) is 3.26. The molecule has 1 saturated heterocycles. The van der Waals surface area contributed by atoms with E-state index in [1.54, 1.807) is 19.1 Å². The van der Waals surface area contributed by atoms with Gasteiger partial charge in [0.2, 0.25) is 0 Å². The number of hydrogen-bond acceptors (Lipinski definition) is 5. The average molecular weight is 469 g/mol. The van der Waals surface area contributed by atoms with Gasteiger partial charge in [-0.3, -0.25) is 9.59 Å². The number of halogens is 1. The summed E-state index contributed by atoms with van der Waals surface area (Å²) in [6, 6.07) is 6.03. The molecule has 4 fully saturated rings. The van der Waals surface area contributed by atoms with E-state index >= 15 is 0 Å². The minimum absolute atomic E-state index is 0.253. The van der Waals surface area contributed by atoms with Crippen LogP contribution in [0.5, 0.6) is 0 Å². The molecule has 34 heavy (non-hydrogen) atoms. The number of aliphatic hydroxyl groups is 1. The molecule has 6 heteroatoms. The molecule has 0 amide bonds. The molecule has 1 aromatic rings. The van der Waals surface area contributed by atoms with Crippen LogP contribution in [0.2, 0.25) is 0 Å². The van der Waals surface area contributed by atoms with Gasteiger partial charge in [0.25, 0.3) is 0 Å². The van der Waals surface area contributed by atoms with Crippen LogP contribution < -0.4 is 0 Å². The van der Waals surface area contributed by atoms with Crippen LogP contribution in [0.1, 0.15) is 64.4 Å². The van der Waals surface area contributed by atoms with Crippen LogP contribution in [0.15, 0.2) is 35.9 Å². The zero-order valence-corrected chi connectivity index (χ0v) is 19.9. The van der Waals surface area contributed by atoms with Crippen molar-refractivity contribution in [2.24, 2.45) is 29.1 Å². The summed E-state index contributed by atoms with van der Waals surface area (Å²) in [4.78, 5) is 25.5. The van der Waals surface area contributed by atoms with Crippen LogP contribution >= 0.6 is 0 Å². The van der Waals surface area contributed by atoms with Gasteiger partial charge in [-0.1, -0.05) is 24.6 Å². The van der Waals surface area contributed by atoms with Crippen molar-refractivity contribution in [3.8, 4) is 0 Å². The number of Topliss-reactive ketones (excluding diaryl/α,β-unsaturated/α-hetero) is 1.